The average molecular weight is 295 g/mol. The van der Waals surface area contributed by atoms with Crippen LogP contribution in [0.3, 0.4) is 0 Å². The van der Waals surface area contributed by atoms with Crippen LogP contribution in [0.5, 0.6) is 0 Å². The molecule has 0 aliphatic carbocycles. The van der Waals surface area contributed by atoms with Gasteiger partial charge in [0.1, 0.15) is 0 Å². The molecule has 6 heteroatoms. The molecule has 0 aromatic carbocycles. The summed E-state index contributed by atoms with van der Waals surface area (Å²) in [5.41, 5.74) is 5.66. The monoisotopic (exact) mass is 296 g/mol. The first kappa shape index (κ1) is 15.4. The van der Waals surface area contributed by atoms with E-state index in [-0.39, 0.29) is 11.8 Å². The van der Waals surface area contributed by atoms with E-state index >= 15 is 0 Å². The van der Waals surface area contributed by atoms with Gasteiger partial charge in [-0.15, -0.1) is 0 Å². The maximum absolute atomic E-state index is 11.6. The molecule has 94 valence electrons. The van der Waals surface area contributed by atoms with Gasteiger partial charge in [0.25, 0.3) is 0 Å². The van der Waals surface area contributed by atoms with Crippen molar-refractivity contribution in [2.24, 2.45) is 11.7 Å². The Hall–Kier alpha value is -0.581. The number of rotatable bonds is 7. The van der Waals surface area contributed by atoms with Gasteiger partial charge < -0.3 is 0 Å². The predicted octanol–water partition coefficient (Wildman–Crippen LogP) is 0.0998. The summed E-state index contributed by atoms with van der Waals surface area (Å²) >= 11 is 0.488. The van der Waals surface area contributed by atoms with Crippen LogP contribution >= 0.6 is 0 Å². The minimum atomic E-state index is -1.02. The van der Waals surface area contributed by atoms with Crippen molar-refractivity contribution in [1.29, 1.82) is 0 Å². The van der Waals surface area contributed by atoms with Crippen molar-refractivity contribution in [3.05, 3.63) is 0 Å². The van der Waals surface area contributed by atoms with Crippen LogP contribution in [0.25, 0.3) is 0 Å². The average Bonchev–Trinajstić information content (AvgIpc) is 2.20. The van der Waals surface area contributed by atoms with Crippen LogP contribution in [0, 0.1) is 5.92 Å². The van der Waals surface area contributed by atoms with Crippen LogP contribution in [-0.4, -0.2) is 44.0 Å². The molecule has 0 aromatic rings. The van der Waals surface area contributed by atoms with E-state index < -0.39 is 18.1 Å². The first-order valence-electron chi connectivity index (χ1n) is 5.17. The molecule has 0 fully saturated rings. The summed E-state index contributed by atoms with van der Waals surface area (Å²) in [5.74, 6) is 0.538. The molecule has 5 nitrogen and oxygen atoms in total. The van der Waals surface area contributed by atoms with Crippen LogP contribution in [0.2, 0.25) is 11.1 Å². The van der Waals surface area contributed by atoms with Gasteiger partial charge in [0.05, 0.1) is 0 Å². The van der Waals surface area contributed by atoms with E-state index in [0.717, 1.165) is 5.32 Å². The molecule has 2 atom stereocenters. The normalized spacial score (nSPS) is 14.6. The zero-order valence-corrected chi connectivity index (χ0v) is 11.6. The second-order valence-electron chi connectivity index (χ2n) is 3.96. The Morgan fingerprint density at radius 1 is 1.44 bits per heavy atom. The second kappa shape index (κ2) is 7.65. The Labute approximate surface area is 102 Å². The van der Waals surface area contributed by atoms with Gasteiger partial charge >= 0.3 is 102 Å². The van der Waals surface area contributed by atoms with Gasteiger partial charge in [0, 0.05) is 0 Å². The Morgan fingerprint density at radius 3 is 2.38 bits per heavy atom. The second-order valence-corrected chi connectivity index (χ2v) is 6.02. The first-order chi connectivity index (χ1) is 7.40. The fourth-order valence-electron chi connectivity index (χ4n) is 1.15. The molecular weight excluding hydrogens is 275 g/mol. The number of carbonyl (C=O) groups excluding carboxylic acids is 1. The summed E-state index contributed by atoms with van der Waals surface area (Å²) in [5, 5.41) is 12.3. The molecule has 0 saturated heterocycles. The fourth-order valence-corrected chi connectivity index (χ4v) is 2.18. The number of nitrogens with two attached hydrogens (primary N) is 1. The van der Waals surface area contributed by atoms with Crippen LogP contribution in [0.4, 0.5) is 0 Å². The molecule has 16 heavy (non-hydrogen) atoms. The molecule has 0 aliphatic heterocycles. The Bertz CT molecular complexity index is 246. The van der Waals surface area contributed by atoms with Crippen molar-refractivity contribution in [2.45, 2.75) is 43.5 Å². The Kier molecular flexibility index (Phi) is 7.38. The number of carboxylic acid groups (broad SMARTS) is 1. The summed E-state index contributed by atoms with van der Waals surface area (Å²) in [6, 6.07) is -1.45. The molecular formula is C10H20N2O3Se. The third kappa shape index (κ3) is 5.49. The molecule has 1 amide bonds. The predicted molar refractivity (Wildman–Crippen MR) is 63.4 cm³/mol. The fraction of sp³-hybridized carbons (Fsp3) is 0.800. The number of carbonyl (C=O) groups is 2. The third-order valence-electron chi connectivity index (χ3n) is 2.20. The van der Waals surface area contributed by atoms with Gasteiger partial charge in [-0.05, 0) is 0 Å². The summed E-state index contributed by atoms with van der Waals surface area (Å²) in [4.78, 5) is 22.4. The van der Waals surface area contributed by atoms with Crippen LogP contribution in [0.1, 0.15) is 20.3 Å². The third-order valence-corrected chi connectivity index (χ3v) is 3.55. The topological polar surface area (TPSA) is 92.4 Å². The zero-order chi connectivity index (χ0) is 12.7. The number of hydrogen-bond acceptors (Lipinski definition) is 3. The standard InChI is InChI=1S/C10H20N2O3Se/c1-6(2)8(10(14)15)12-9(13)7(11)4-5-16-3/h6-8H,4-5,11H2,1-3H3,(H,12,13)(H,14,15)/t7-,8-/m0/s1. The molecule has 0 radical (unpaired) electrons. The molecule has 4 N–H and O–H groups in total. The SMILES string of the molecule is C[Se]CC[C@H](N)C(=O)N[C@H](C(=O)O)C(C)C. The van der Waals surface area contributed by atoms with Gasteiger partial charge in [-0.2, -0.15) is 0 Å². The number of hydrogen-bond donors (Lipinski definition) is 3. The number of nitrogens with one attached hydrogen (secondary N) is 1. The minimum absolute atomic E-state index is 0.149. The van der Waals surface area contributed by atoms with Crippen molar-refractivity contribution >= 4 is 26.8 Å². The van der Waals surface area contributed by atoms with Crippen molar-refractivity contribution in [2.75, 3.05) is 0 Å². The van der Waals surface area contributed by atoms with Gasteiger partial charge in [-0.3, -0.25) is 0 Å². The molecule has 0 bridgehead atoms. The van der Waals surface area contributed by atoms with E-state index in [1.54, 1.807) is 13.8 Å². The summed E-state index contributed by atoms with van der Waals surface area (Å²) in [6.45, 7) is 3.50. The summed E-state index contributed by atoms with van der Waals surface area (Å²) in [6.07, 6.45) is 0.618. The van der Waals surface area contributed by atoms with E-state index in [1.165, 1.54) is 0 Å². The number of amides is 1. The zero-order valence-electron chi connectivity index (χ0n) is 9.90. The van der Waals surface area contributed by atoms with E-state index in [4.69, 9.17) is 10.8 Å². The molecule has 0 heterocycles. The molecule has 0 spiro atoms. The number of aliphatic carboxylic acids is 1. The van der Waals surface area contributed by atoms with E-state index in [9.17, 15) is 9.59 Å². The van der Waals surface area contributed by atoms with Crippen molar-refractivity contribution in [3.8, 4) is 0 Å². The van der Waals surface area contributed by atoms with Gasteiger partial charge in [0.2, 0.25) is 0 Å². The van der Waals surface area contributed by atoms with Crippen LogP contribution in [-0.2, 0) is 9.59 Å². The molecule has 0 saturated carbocycles. The van der Waals surface area contributed by atoms with Crippen molar-refractivity contribution in [3.63, 3.8) is 0 Å². The molecule has 0 aliphatic rings. The maximum atomic E-state index is 11.6. The van der Waals surface area contributed by atoms with Crippen LogP contribution < -0.4 is 11.1 Å². The quantitative estimate of drug-likeness (QED) is 0.581. The van der Waals surface area contributed by atoms with Gasteiger partial charge in [0.15, 0.2) is 0 Å². The van der Waals surface area contributed by atoms with Gasteiger partial charge in [-0.1, -0.05) is 0 Å². The van der Waals surface area contributed by atoms with Gasteiger partial charge in [-0.25, -0.2) is 0 Å². The summed E-state index contributed by atoms with van der Waals surface area (Å²) in [7, 11) is 0. The molecule has 0 rings (SSSR count). The molecule has 0 unspecified atom stereocenters. The summed E-state index contributed by atoms with van der Waals surface area (Å²) < 4.78 is 0. The van der Waals surface area contributed by atoms with E-state index in [1.807, 2.05) is 0 Å². The van der Waals surface area contributed by atoms with E-state index in [2.05, 4.69) is 11.1 Å². The van der Waals surface area contributed by atoms with Crippen molar-refractivity contribution in [1.82, 2.24) is 5.32 Å². The van der Waals surface area contributed by atoms with Crippen LogP contribution in [0.15, 0.2) is 0 Å². The Morgan fingerprint density at radius 2 is 2.00 bits per heavy atom. The Balaban J connectivity index is 4.24. The molecule has 0 aromatic heterocycles. The first-order valence-corrected chi connectivity index (χ1v) is 8.10. The number of carboxylic acids is 1. The van der Waals surface area contributed by atoms with E-state index in [0.29, 0.717) is 21.4 Å². The van der Waals surface area contributed by atoms with Crippen molar-refractivity contribution < 1.29 is 14.7 Å².